The fourth-order valence-corrected chi connectivity index (χ4v) is 1.44. The van der Waals surface area contributed by atoms with Crippen molar-refractivity contribution in [2.75, 3.05) is 7.11 Å². The molecule has 0 aliphatic heterocycles. The van der Waals surface area contributed by atoms with Crippen molar-refractivity contribution in [2.24, 2.45) is 0 Å². The minimum Gasteiger partial charge on any atom is -0.504 e. The molecule has 0 atom stereocenters. The van der Waals surface area contributed by atoms with E-state index in [1.165, 1.54) is 10.9 Å². The standard InChI is InChI=1S/C10H9ClN2O2/c1-15-8-4-2-3-7(5-8)13-10(11)9(14)6-12-13/h2-6,14H,1H3. The quantitative estimate of drug-likeness (QED) is 0.851. The average molecular weight is 225 g/mol. The van der Waals surface area contributed by atoms with E-state index in [1.807, 2.05) is 18.2 Å². The fraction of sp³-hybridized carbons (Fsp3) is 0.100. The van der Waals surface area contributed by atoms with Gasteiger partial charge in [0.25, 0.3) is 0 Å². The third-order valence-electron chi connectivity index (χ3n) is 1.99. The Morgan fingerprint density at radius 1 is 1.47 bits per heavy atom. The van der Waals surface area contributed by atoms with Crippen LogP contribution in [0.15, 0.2) is 30.5 Å². The number of benzene rings is 1. The van der Waals surface area contributed by atoms with Gasteiger partial charge < -0.3 is 9.84 Å². The Morgan fingerprint density at radius 3 is 2.87 bits per heavy atom. The second kappa shape index (κ2) is 3.82. The first-order valence-electron chi connectivity index (χ1n) is 4.29. The second-order valence-corrected chi connectivity index (χ2v) is 3.29. The number of hydrogen-bond acceptors (Lipinski definition) is 3. The summed E-state index contributed by atoms with van der Waals surface area (Å²) in [4.78, 5) is 0. The maximum atomic E-state index is 9.28. The van der Waals surface area contributed by atoms with Crippen LogP contribution < -0.4 is 4.74 Å². The minimum atomic E-state index is -0.0421. The molecule has 5 heteroatoms. The predicted molar refractivity (Wildman–Crippen MR) is 56.8 cm³/mol. The molecule has 1 heterocycles. The lowest BCUT2D eigenvalue weighted by Gasteiger charge is -2.05. The maximum absolute atomic E-state index is 9.28. The average Bonchev–Trinajstić information content (AvgIpc) is 2.60. The van der Waals surface area contributed by atoms with Crippen LogP contribution in [0.4, 0.5) is 0 Å². The van der Waals surface area contributed by atoms with Crippen LogP contribution in [0.2, 0.25) is 5.15 Å². The normalized spacial score (nSPS) is 10.3. The summed E-state index contributed by atoms with van der Waals surface area (Å²) in [5.74, 6) is 0.665. The van der Waals surface area contributed by atoms with E-state index in [9.17, 15) is 5.11 Å². The summed E-state index contributed by atoms with van der Waals surface area (Å²) in [6.45, 7) is 0. The Kier molecular flexibility index (Phi) is 2.51. The van der Waals surface area contributed by atoms with E-state index >= 15 is 0 Å². The summed E-state index contributed by atoms with van der Waals surface area (Å²) in [7, 11) is 1.58. The van der Waals surface area contributed by atoms with Crippen molar-refractivity contribution >= 4 is 11.6 Å². The number of rotatable bonds is 2. The van der Waals surface area contributed by atoms with Gasteiger partial charge in [-0.1, -0.05) is 17.7 Å². The SMILES string of the molecule is COc1cccc(-n2ncc(O)c2Cl)c1. The molecule has 4 nitrogen and oxygen atoms in total. The van der Waals surface area contributed by atoms with Crippen LogP contribution in [0.25, 0.3) is 5.69 Å². The molecule has 2 rings (SSSR count). The summed E-state index contributed by atoms with van der Waals surface area (Å²) >= 11 is 5.85. The van der Waals surface area contributed by atoms with E-state index in [-0.39, 0.29) is 10.9 Å². The Labute approximate surface area is 91.7 Å². The van der Waals surface area contributed by atoms with Gasteiger partial charge >= 0.3 is 0 Å². The highest BCUT2D eigenvalue weighted by atomic mass is 35.5. The summed E-state index contributed by atoms with van der Waals surface area (Å²) in [5, 5.41) is 13.4. The van der Waals surface area contributed by atoms with E-state index in [2.05, 4.69) is 5.10 Å². The topological polar surface area (TPSA) is 47.3 Å². The van der Waals surface area contributed by atoms with Crippen molar-refractivity contribution in [1.82, 2.24) is 9.78 Å². The zero-order valence-corrected chi connectivity index (χ0v) is 8.77. The smallest absolute Gasteiger partial charge is 0.174 e. The van der Waals surface area contributed by atoms with Gasteiger partial charge in [-0.2, -0.15) is 5.10 Å². The highest BCUT2D eigenvalue weighted by Gasteiger charge is 2.08. The fourth-order valence-electron chi connectivity index (χ4n) is 1.25. The van der Waals surface area contributed by atoms with E-state index in [4.69, 9.17) is 16.3 Å². The lowest BCUT2D eigenvalue weighted by Crippen LogP contribution is -1.96. The Bertz CT molecular complexity index is 482. The van der Waals surface area contributed by atoms with Gasteiger partial charge in [0, 0.05) is 6.07 Å². The number of ether oxygens (including phenoxy) is 1. The van der Waals surface area contributed by atoms with E-state index < -0.39 is 0 Å². The van der Waals surface area contributed by atoms with Gasteiger partial charge in [0.2, 0.25) is 0 Å². The molecule has 0 fully saturated rings. The van der Waals surface area contributed by atoms with Crippen LogP contribution >= 0.6 is 11.6 Å². The van der Waals surface area contributed by atoms with Crippen LogP contribution in [0.3, 0.4) is 0 Å². The predicted octanol–water partition coefficient (Wildman–Crippen LogP) is 2.24. The molecule has 0 amide bonds. The van der Waals surface area contributed by atoms with Crippen LogP contribution in [0.5, 0.6) is 11.5 Å². The van der Waals surface area contributed by atoms with Crippen molar-refractivity contribution in [3.05, 3.63) is 35.6 Å². The van der Waals surface area contributed by atoms with Crippen LogP contribution in [0, 0.1) is 0 Å². The molecular weight excluding hydrogens is 216 g/mol. The third-order valence-corrected chi connectivity index (χ3v) is 2.34. The van der Waals surface area contributed by atoms with Crippen LogP contribution in [0.1, 0.15) is 0 Å². The molecule has 0 unspecified atom stereocenters. The zero-order chi connectivity index (χ0) is 10.8. The second-order valence-electron chi connectivity index (χ2n) is 2.93. The van der Waals surface area contributed by atoms with Gasteiger partial charge in [-0.05, 0) is 12.1 Å². The molecule has 0 saturated carbocycles. The monoisotopic (exact) mass is 224 g/mol. The molecule has 0 aliphatic carbocycles. The van der Waals surface area contributed by atoms with Crippen LogP contribution in [-0.2, 0) is 0 Å². The van der Waals surface area contributed by atoms with Gasteiger partial charge in [-0.25, -0.2) is 4.68 Å². The van der Waals surface area contributed by atoms with Gasteiger partial charge in [0.15, 0.2) is 10.9 Å². The molecule has 0 bridgehead atoms. The van der Waals surface area contributed by atoms with Crippen molar-refractivity contribution in [3.63, 3.8) is 0 Å². The zero-order valence-electron chi connectivity index (χ0n) is 8.01. The number of nitrogens with zero attached hydrogens (tertiary/aromatic N) is 2. The van der Waals surface area contributed by atoms with Gasteiger partial charge in [-0.3, -0.25) is 0 Å². The van der Waals surface area contributed by atoms with Crippen molar-refractivity contribution in [3.8, 4) is 17.2 Å². The molecule has 1 aromatic heterocycles. The van der Waals surface area contributed by atoms with E-state index in [0.29, 0.717) is 5.75 Å². The number of aromatic nitrogens is 2. The van der Waals surface area contributed by atoms with Gasteiger partial charge in [0.1, 0.15) is 5.75 Å². The van der Waals surface area contributed by atoms with Gasteiger partial charge in [-0.15, -0.1) is 0 Å². The molecule has 0 aliphatic rings. The summed E-state index contributed by atoms with van der Waals surface area (Å²) in [5.41, 5.74) is 0.736. The molecule has 15 heavy (non-hydrogen) atoms. The van der Waals surface area contributed by atoms with E-state index in [1.54, 1.807) is 13.2 Å². The molecule has 1 aromatic carbocycles. The summed E-state index contributed by atoms with van der Waals surface area (Å²) in [6, 6.07) is 7.24. The first kappa shape index (κ1) is 9.86. The Hall–Kier alpha value is -1.68. The summed E-state index contributed by atoms with van der Waals surface area (Å²) < 4.78 is 6.51. The Balaban J connectivity index is 2.49. The number of methoxy groups -OCH3 is 1. The molecule has 2 aromatic rings. The molecular formula is C10H9ClN2O2. The molecule has 0 radical (unpaired) electrons. The lowest BCUT2D eigenvalue weighted by atomic mass is 10.3. The highest BCUT2D eigenvalue weighted by Crippen LogP contribution is 2.26. The van der Waals surface area contributed by atoms with Gasteiger partial charge in [0.05, 0.1) is 19.0 Å². The Morgan fingerprint density at radius 2 is 2.27 bits per heavy atom. The maximum Gasteiger partial charge on any atom is 0.174 e. The van der Waals surface area contributed by atoms with Crippen molar-refractivity contribution in [1.29, 1.82) is 0 Å². The third kappa shape index (κ3) is 1.76. The van der Waals surface area contributed by atoms with Crippen molar-refractivity contribution in [2.45, 2.75) is 0 Å². The van der Waals surface area contributed by atoms with E-state index in [0.717, 1.165) is 5.69 Å². The number of aromatic hydroxyl groups is 1. The van der Waals surface area contributed by atoms with Crippen LogP contribution in [-0.4, -0.2) is 22.0 Å². The first-order valence-corrected chi connectivity index (χ1v) is 4.67. The molecule has 0 spiro atoms. The summed E-state index contributed by atoms with van der Waals surface area (Å²) in [6.07, 6.45) is 1.29. The highest BCUT2D eigenvalue weighted by molar-refractivity contribution is 6.31. The largest absolute Gasteiger partial charge is 0.504 e. The number of halogens is 1. The van der Waals surface area contributed by atoms with Crippen molar-refractivity contribution < 1.29 is 9.84 Å². The first-order chi connectivity index (χ1) is 7.22. The lowest BCUT2D eigenvalue weighted by molar-refractivity contribution is 0.414. The minimum absolute atomic E-state index is 0.0421. The molecule has 0 saturated heterocycles. The molecule has 1 N–H and O–H groups in total. The number of hydrogen-bond donors (Lipinski definition) is 1. The molecule has 78 valence electrons.